The highest BCUT2D eigenvalue weighted by Gasteiger charge is 2.17. The van der Waals surface area contributed by atoms with Crippen LogP contribution in [0.5, 0.6) is 0 Å². The van der Waals surface area contributed by atoms with E-state index in [1.165, 1.54) is 15.6 Å². The Morgan fingerprint density at radius 1 is 1.22 bits per heavy atom. The zero-order valence-electron chi connectivity index (χ0n) is 14.5. The standard InChI is InChI=1S/C18H17ClFN5OS/c1-24(10-12-6-2-5-9-15(12)20)16(26)11-27-18-23-22-17(25(18)21)13-7-3-4-8-14(13)19/h2-9H,10-11,21H2,1H3. The SMILES string of the molecule is CN(Cc1ccccc1F)C(=O)CSc1nnc(-c2ccccc2Cl)n1N. The molecule has 0 aliphatic carbocycles. The third-order valence-electron chi connectivity index (χ3n) is 3.90. The summed E-state index contributed by atoms with van der Waals surface area (Å²) in [6.07, 6.45) is 0. The lowest BCUT2D eigenvalue weighted by Crippen LogP contribution is -2.28. The molecule has 0 fully saturated rings. The van der Waals surface area contributed by atoms with E-state index in [0.717, 1.165) is 11.8 Å². The van der Waals surface area contributed by atoms with Crippen molar-refractivity contribution in [1.82, 2.24) is 19.8 Å². The van der Waals surface area contributed by atoms with Crippen molar-refractivity contribution in [3.63, 3.8) is 0 Å². The van der Waals surface area contributed by atoms with Crippen molar-refractivity contribution < 1.29 is 9.18 Å². The summed E-state index contributed by atoms with van der Waals surface area (Å²) in [6, 6.07) is 13.5. The van der Waals surface area contributed by atoms with Crippen molar-refractivity contribution in [1.29, 1.82) is 0 Å². The van der Waals surface area contributed by atoms with Crippen molar-refractivity contribution in [3.05, 3.63) is 64.9 Å². The molecular formula is C18H17ClFN5OS. The number of halogens is 2. The largest absolute Gasteiger partial charge is 0.341 e. The van der Waals surface area contributed by atoms with Crippen LogP contribution in [0.15, 0.2) is 53.7 Å². The fourth-order valence-electron chi connectivity index (χ4n) is 2.41. The van der Waals surface area contributed by atoms with Crippen LogP contribution in [0.25, 0.3) is 11.4 Å². The first-order valence-electron chi connectivity index (χ1n) is 8.03. The molecule has 1 amide bonds. The number of carbonyl (C=O) groups excluding carboxylic acids is 1. The zero-order valence-corrected chi connectivity index (χ0v) is 16.0. The van der Waals surface area contributed by atoms with Crippen LogP contribution in [0.4, 0.5) is 4.39 Å². The average Bonchev–Trinajstić information content (AvgIpc) is 3.02. The van der Waals surface area contributed by atoms with E-state index < -0.39 is 0 Å². The molecule has 1 heterocycles. The van der Waals surface area contributed by atoms with Crippen LogP contribution in [0.1, 0.15) is 5.56 Å². The predicted octanol–water partition coefficient (Wildman–Crippen LogP) is 3.20. The fraction of sp³-hybridized carbons (Fsp3) is 0.167. The maximum Gasteiger partial charge on any atom is 0.233 e. The van der Waals surface area contributed by atoms with E-state index in [-0.39, 0.29) is 24.0 Å². The molecular weight excluding hydrogens is 389 g/mol. The minimum Gasteiger partial charge on any atom is -0.341 e. The monoisotopic (exact) mass is 405 g/mol. The second-order valence-corrected chi connectivity index (χ2v) is 7.14. The van der Waals surface area contributed by atoms with Gasteiger partial charge in [-0.3, -0.25) is 4.79 Å². The maximum absolute atomic E-state index is 13.7. The molecule has 0 saturated heterocycles. The number of amides is 1. The van der Waals surface area contributed by atoms with E-state index in [1.54, 1.807) is 37.4 Å². The molecule has 0 aliphatic rings. The topological polar surface area (TPSA) is 77.0 Å². The fourth-order valence-corrected chi connectivity index (χ4v) is 3.43. The lowest BCUT2D eigenvalue weighted by Gasteiger charge is -2.17. The molecule has 2 aromatic carbocycles. The number of hydrogen-bond donors (Lipinski definition) is 1. The van der Waals surface area contributed by atoms with Crippen molar-refractivity contribution >= 4 is 29.3 Å². The van der Waals surface area contributed by atoms with Gasteiger partial charge in [-0.2, -0.15) is 0 Å². The van der Waals surface area contributed by atoms with Crippen molar-refractivity contribution in [2.75, 3.05) is 18.6 Å². The number of nitrogen functional groups attached to an aromatic ring is 1. The first-order valence-corrected chi connectivity index (χ1v) is 9.39. The first kappa shape index (κ1) is 19.2. The van der Waals surface area contributed by atoms with Gasteiger partial charge in [0.25, 0.3) is 0 Å². The van der Waals surface area contributed by atoms with Gasteiger partial charge in [-0.15, -0.1) is 10.2 Å². The molecule has 0 aliphatic heterocycles. The van der Waals surface area contributed by atoms with Gasteiger partial charge in [0.05, 0.1) is 10.8 Å². The van der Waals surface area contributed by atoms with Gasteiger partial charge in [-0.05, 0) is 18.2 Å². The summed E-state index contributed by atoms with van der Waals surface area (Å²) in [5, 5.41) is 8.98. The summed E-state index contributed by atoms with van der Waals surface area (Å²) in [5.74, 6) is 6.05. The highest BCUT2D eigenvalue weighted by molar-refractivity contribution is 7.99. The summed E-state index contributed by atoms with van der Waals surface area (Å²) in [5.41, 5.74) is 1.12. The van der Waals surface area contributed by atoms with Crippen LogP contribution in [0.2, 0.25) is 5.02 Å². The van der Waals surface area contributed by atoms with Gasteiger partial charge in [0.1, 0.15) is 5.82 Å². The predicted molar refractivity (Wildman–Crippen MR) is 104 cm³/mol. The molecule has 140 valence electrons. The van der Waals surface area contributed by atoms with E-state index in [0.29, 0.717) is 27.1 Å². The number of nitrogens with two attached hydrogens (primary N) is 1. The van der Waals surface area contributed by atoms with Gasteiger partial charge in [0.15, 0.2) is 5.82 Å². The molecule has 2 N–H and O–H groups in total. The molecule has 0 atom stereocenters. The van der Waals surface area contributed by atoms with Crippen LogP contribution in [-0.4, -0.2) is 38.5 Å². The maximum atomic E-state index is 13.7. The van der Waals surface area contributed by atoms with Crippen molar-refractivity contribution in [2.45, 2.75) is 11.7 Å². The van der Waals surface area contributed by atoms with Crippen LogP contribution in [-0.2, 0) is 11.3 Å². The highest BCUT2D eigenvalue weighted by atomic mass is 35.5. The van der Waals surface area contributed by atoms with Crippen molar-refractivity contribution in [2.24, 2.45) is 0 Å². The Hall–Kier alpha value is -2.58. The lowest BCUT2D eigenvalue weighted by molar-refractivity contribution is -0.127. The number of rotatable bonds is 6. The molecule has 0 spiro atoms. The quantitative estimate of drug-likeness (QED) is 0.503. The number of hydrogen-bond acceptors (Lipinski definition) is 5. The number of aromatic nitrogens is 3. The van der Waals surface area contributed by atoms with Gasteiger partial charge in [-0.25, -0.2) is 9.07 Å². The summed E-state index contributed by atoms with van der Waals surface area (Å²) in [4.78, 5) is 13.8. The summed E-state index contributed by atoms with van der Waals surface area (Å²) >= 11 is 7.32. The van der Waals surface area contributed by atoms with Crippen LogP contribution in [0.3, 0.4) is 0 Å². The van der Waals surface area contributed by atoms with Gasteiger partial charge < -0.3 is 10.7 Å². The summed E-state index contributed by atoms with van der Waals surface area (Å²) in [6.45, 7) is 0.187. The summed E-state index contributed by atoms with van der Waals surface area (Å²) in [7, 11) is 1.62. The molecule has 6 nitrogen and oxygen atoms in total. The molecule has 0 radical (unpaired) electrons. The Kier molecular flexibility index (Phi) is 5.98. The molecule has 0 saturated carbocycles. The molecule has 0 unspecified atom stereocenters. The molecule has 9 heteroatoms. The average molecular weight is 406 g/mol. The molecule has 0 bridgehead atoms. The summed E-state index contributed by atoms with van der Waals surface area (Å²) < 4.78 is 15.0. The third-order valence-corrected chi connectivity index (χ3v) is 5.15. The number of thioether (sulfide) groups is 1. The minimum absolute atomic E-state index is 0.100. The number of nitrogens with zero attached hydrogens (tertiary/aromatic N) is 4. The van der Waals surface area contributed by atoms with Gasteiger partial charge in [0, 0.05) is 24.7 Å². The van der Waals surface area contributed by atoms with Crippen LogP contribution in [0, 0.1) is 5.82 Å². The molecule has 3 aromatic rings. The lowest BCUT2D eigenvalue weighted by atomic mass is 10.2. The number of benzene rings is 2. The van der Waals surface area contributed by atoms with Gasteiger partial charge >= 0.3 is 0 Å². The highest BCUT2D eigenvalue weighted by Crippen LogP contribution is 2.27. The second kappa shape index (κ2) is 8.41. The molecule has 1 aromatic heterocycles. The van der Waals surface area contributed by atoms with E-state index in [9.17, 15) is 9.18 Å². The Bertz CT molecular complexity index is 964. The van der Waals surface area contributed by atoms with Gasteiger partial charge in [0.2, 0.25) is 11.1 Å². The Morgan fingerprint density at radius 2 is 1.93 bits per heavy atom. The Balaban J connectivity index is 1.64. The van der Waals surface area contributed by atoms with Crippen LogP contribution >= 0.6 is 23.4 Å². The van der Waals surface area contributed by atoms with E-state index in [1.807, 2.05) is 12.1 Å². The smallest absolute Gasteiger partial charge is 0.233 e. The first-order chi connectivity index (χ1) is 13.0. The van der Waals surface area contributed by atoms with E-state index in [2.05, 4.69) is 10.2 Å². The zero-order chi connectivity index (χ0) is 19.4. The van der Waals surface area contributed by atoms with Crippen LogP contribution < -0.4 is 5.84 Å². The third kappa shape index (κ3) is 4.40. The normalized spacial score (nSPS) is 10.8. The van der Waals surface area contributed by atoms with Crippen molar-refractivity contribution in [3.8, 4) is 11.4 Å². The number of carbonyl (C=O) groups is 1. The van der Waals surface area contributed by atoms with E-state index in [4.69, 9.17) is 17.4 Å². The second-order valence-electron chi connectivity index (χ2n) is 5.79. The minimum atomic E-state index is -0.337. The molecule has 3 rings (SSSR count). The Morgan fingerprint density at radius 3 is 2.67 bits per heavy atom. The van der Waals surface area contributed by atoms with E-state index >= 15 is 0 Å². The Labute approximate surface area is 165 Å². The molecule has 27 heavy (non-hydrogen) atoms. The van der Waals surface area contributed by atoms with Gasteiger partial charge in [-0.1, -0.05) is 53.7 Å².